The first kappa shape index (κ1) is 29.9. The minimum absolute atomic E-state index is 0.00328. The molecule has 0 aromatic heterocycles. The lowest BCUT2D eigenvalue weighted by atomic mass is 10.0. The maximum Gasteiger partial charge on any atom is 0.323 e. The molecule has 3 N–H and O–H groups in total. The lowest BCUT2D eigenvalue weighted by Gasteiger charge is -2.34. The van der Waals surface area contributed by atoms with Crippen LogP contribution in [0.4, 0.5) is 4.79 Å². The number of rotatable bonds is 15. The zero-order valence-corrected chi connectivity index (χ0v) is 22.2. The molecule has 6 atom stereocenters. The van der Waals surface area contributed by atoms with Gasteiger partial charge < -0.3 is 39.7 Å². The van der Waals surface area contributed by atoms with E-state index in [4.69, 9.17) is 0 Å². The fraction of sp³-hybridized carbons (Fsp3) is 0.700. The molecular weight excluding hydrogens is 520 g/mol. The van der Waals surface area contributed by atoms with E-state index in [0.29, 0.717) is 24.6 Å². The third-order valence-electron chi connectivity index (χ3n) is 5.47. The van der Waals surface area contributed by atoms with E-state index in [1.165, 1.54) is 6.08 Å². The summed E-state index contributed by atoms with van der Waals surface area (Å²) < 4.78 is 29.0. The normalized spacial score (nSPS) is 25.6. The molecule has 2 aliphatic heterocycles. The average Bonchev–Trinajstić information content (AvgIpc) is 3.27. The van der Waals surface area contributed by atoms with E-state index in [0.717, 1.165) is 31.3 Å². The highest BCUT2D eigenvalue weighted by atomic mass is 32.2. The second-order valence-electron chi connectivity index (χ2n) is 8.70. The van der Waals surface area contributed by atoms with E-state index in [2.05, 4.69) is 24.8 Å². The molecule has 0 aliphatic carbocycles. The number of phosphoric ester groups is 1. The number of urea groups is 1. The summed E-state index contributed by atoms with van der Waals surface area (Å²) in [5, 5.41) is 9.19. The van der Waals surface area contributed by atoms with Crippen LogP contribution in [0.5, 0.6) is 0 Å². The van der Waals surface area contributed by atoms with Gasteiger partial charge in [-0.3, -0.25) is 13.7 Å². The first-order valence-electron chi connectivity index (χ1n) is 11.4. The van der Waals surface area contributed by atoms with Crippen LogP contribution in [0.2, 0.25) is 0 Å². The monoisotopic (exact) mass is 552 g/mol. The molecule has 2 aliphatic rings. The van der Waals surface area contributed by atoms with Gasteiger partial charge in [0.2, 0.25) is 5.91 Å². The summed E-state index contributed by atoms with van der Waals surface area (Å²) >= 11 is 1.86. The maximum atomic E-state index is 12.1. The lowest BCUT2D eigenvalue weighted by molar-refractivity contribution is -0.339. The number of carbonyl (C=O) groups excluding carboxylic acids is 2. The molecule has 12 nitrogen and oxygen atoms in total. The van der Waals surface area contributed by atoms with Gasteiger partial charge >= 0.3 is 13.9 Å². The number of hydrogen-bond acceptors (Lipinski definition) is 10. The van der Waals surface area contributed by atoms with Gasteiger partial charge in [-0.2, -0.15) is 11.8 Å². The number of fused-ring (bicyclic) bond motifs is 1. The quantitative estimate of drug-likeness (QED) is 0.0864. The van der Waals surface area contributed by atoms with Gasteiger partial charge in [-0.15, -0.1) is 0 Å². The molecule has 0 bridgehead atoms. The Kier molecular flexibility index (Phi) is 11.8. The van der Waals surface area contributed by atoms with Crippen molar-refractivity contribution < 1.29 is 42.2 Å². The Bertz CT molecular complexity index is 882. The Morgan fingerprint density at radius 3 is 2.66 bits per heavy atom. The smallest absolute Gasteiger partial charge is 0.323 e. The molecule has 3 unspecified atom stereocenters. The van der Waals surface area contributed by atoms with Gasteiger partial charge in [-0.1, -0.05) is 32.4 Å². The predicted octanol–water partition coefficient (Wildman–Crippen LogP) is 0.891. The van der Waals surface area contributed by atoms with Crippen LogP contribution in [0, 0.1) is 11.8 Å². The highest BCUT2D eigenvalue weighted by Gasteiger charge is 2.42. The van der Waals surface area contributed by atoms with Crippen LogP contribution in [0.25, 0.3) is 0 Å². The van der Waals surface area contributed by atoms with E-state index in [1.807, 2.05) is 30.8 Å². The summed E-state index contributed by atoms with van der Waals surface area (Å²) in [6, 6.07) is 0.306. The van der Waals surface area contributed by atoms with Crippen molar-refractivity contribution in [3.8, 4) is 0 Å². The first-order valence-corrected chi connectivity index (χ1v) is 15.3. The molecule has 2 fully saturated rings. The zero-order valence-electron chi connectivity index (χ0n) is 19.6. The SMILES string of the molecule is CC(/C=C/OP(=O)([O-])OP(=O)([O-])[O-])C/C=C/C(C)CNC(=O)CCCC[C@@H]1SC[C@@H]2NC(=O)N[C@@H]21. The molecule has 3 amide bonds. The lowest BCUT2D eigenvalue weighted by Crippen LogP contribution is -2.36. The summed E-state index contributed by atoms with van der Waals surface area (Å²) in [6.45, 7) is 4.22. The van der Waals surface area contributed by atoms with Gasteiger partial charge in [0.05, 0.1) is 26.2 Å². The Balaban J connectivity index is 1.54. The largest absolute Gasteiger partial charge is 0.789 e. The van der Waals surface area contributed by atoms with Crippen LogP contribution in [0.1, 0.15) is 46.0 Å². The van der Waals surface area contributed by atoms with Crippen molar-refractivity contribution in [1.29, 1.82) is 0 Å². The topological polar surface area (TPSA) is 192 Å². The number of nitrogens with one attached hydrogen (secondary N) is 3. The van der Waals surface area contributed by atoms with Crippen LogP contribution < -0.4 is 30.6 Å². The van der Waals surface area contributed by atoms with Crippen molar-refractivity contribution in [1.82, 2.24) is 16.0 Å². The van der Waals surface area contributed by atoms with Crippen molar-refractivity contribution in [3.05, 3.63) is 24.5 Å². The highest BCUT2D eigenvalue weighted by Crippen LogP contribution is 2.50. The number of amides is 3. The number of unbranched alkanes of at least 4 members (excludes halogenated alkanes) is 1. The van der Waals surface area contributed by atoms with Crippen LogP contribution in [0.15, 0.2) is 24.5 Å². The Morgan fingerprint density at radius 1 is 1.20 bits per heavy atom. The second kappa shape index (κ2) is 13.8. The summed E-state index contributed by atoms with van der Waals surface area (Å²) in [7, 11) is -11.0. The molecule has 0 saturated carbocycles. The maximum absolute atomic E-state index is 12.1. The van der Waals surface area contributed by atoms with E-state index >= 15 is 0 Å². The third kappa shape index (κ3) is 12.0. The van der Waals surface area contributed by atoms with Gasteiger partial charge in [-0.05, 0) is 37.2 Å². The fourth-order valence-electron chi connectivity index (χ4n) is 3.69. The van der Waals surface area contributed by atoms with Gasteiger partial charge in [0.15, 0.2) is 0 Å². The summed E-state index contributed by atoms with van der Waals surface area (Å²) in [6.07, 6.45) is 9.63. The Hall–Kier alpha value is -1.33. The van der Waals surface area contributed by atoms with Gasteiger partial charge in [0.1, 0.15) is 0 Å². The summed E-state index contributed by atoms with van der Waals surface area (Å²) in [5.41, 5.74) is 0. The number of hydrogen-bond donors (Lipinski definition) is 3. The number of phosphoric acid groups is 2. The first-order chi connectivity index (χ1) is 16.3. The second-order valence-corrected chi connectivity index (χ2v) is 12.6. The van der Waals surface area contributed by atoms with Gasteiger partial charge in [0.25, 0.3) is 0 Å². The molecule has 2 heterocycles. The van der Waals surface area contributed by atoms with Crippen LogP contribution >= 0.6 is 27.4 Å². The third-order valence-corrected chi connectivity index (χ3v) is 8.96. The minimum atomic E-state index is -5.70. The summed E-state index contributed by atoms with van der Waals surface area (Å²) in [5.74, 6) is 0.877. The molecule has 15 heteroatoms. The van der Waals surface area contributed by atoms with E-state index in [1.54, 1.807) is 6.92 Å². The predicted molar refractivity (Wildman–Crippen MR) is 126 cm³/mol. The number of thioether (sulfide) groups is 1. The molecule has 0 aromatic rings. The van der Waals surface area contributed by atoms with Crippen molar-refractivity contribution in [2.45, 2.75) is 63.3 Å². The van der Waals surface area contributed by atoms with Gasteiger partial charge in [0, 0.05) is 24.0 Å². The summed E-state index contributed by atoms with van der Waals surface area (Å²) in [4.78, 5) is 55.3. The minimum Gasteiger partial charge on any atom is -0.789 e. The van der Waals surface area contributed by atoms with E-state index in [9.17, 15) is 33.4 Å². The Morgan fingerprint density at radius 2 is 1.94 bits per heavy atom. The molecule has 0 spiro atoms. The van der Waals surface area contributed by atoms with Crippen LogP contribution in [-0.4, -0.2) is 41.6 Å². The van der Waals surface area contributed by atoms with Crippen LogP contribution in [-0.2, 0) is 22.8 Å². The van der Waals surface area contributed by atoms with Crippen molar-refractivity contribution in [3.63, 3.8) is 0 Å². The molecule has 200 valence electrons. The average molecular weight is 553 g/mol. The van der Waals surface area contributed by atoms with Crippen molar-refractivity contribution in [2.75, 3.05) is 12.3 Å². The molecule has 0 radical (unpaired) electrons. The van der Waals surface area contributed by atoms with Gasteiger partial charge in [-0.25, -0.2) is 4.79 Å². The zero-order chi connectivity index (χ0) is 26.1. The van der Waals surface area contributed by atoms with E-state index < -0.39 is 15.6 Å². The molecule has 35 heavy (non-hydrogen) atoms. The molecule has 2 saturated heterocycles. The highest BCUT2D eigenvalue weighted by molar-refractivity contribution is 8.00. The van der Waals surface area contributed by atoms with Crippen LogP contribution in [0.3, 0.4) is 0 Å². The Labute approximate surface area is 209 Å². The molecule has 2 rings (SSSR count). The standard InChI is InChI=1S/C20H35N3O9P2S/c1-14(10-11-31-34(29,30)32-33(26,27)28)6-5-7-15(2)12-21-18(24)9-4-3-8-17-19-16(13-35-17)22-20(25)23-19/h5,7,10-11,14-17,19H,3-4,6,8-9,12-13H2,1-2H3,(H,21,24)(H,29,30)(H2,22,23,25)(H2,26,27,28)/p-3/b7-5+,11-10+/t14?,15?,16-,17-,19-/m0/s1. The van der Waals surface area contributed by atoms with E-state index in [-0.39, 0.29) is 35.9 Å². The van der Waals surface area contributed by atoms with Crippen molar-refractivity contribution in [2.24, 2.45) is 11.8 Å². The number of carbonyl (C=O) groups is 2. The fourth-order valence-corrected chi connectivity index (χ4v) is 6.59. The number of allylic oxidation sites excluding steroid dienone is 2. The van der Waals surface area contributed by atoms with Crippen molar-refractivity contribution >= 4 is 39.3 Å². The molecular formula is C20H32N3O9P2S-3. The molecule has 0 aromatic carbocycles.